The number of para-hydroxylation sites is 1. The Labute approximate surface area is 167 Å². The minimum atomic E-state index is -0.178. The Balaban J connectivity index is 1.25. The van der Waals surface area contributed by atoms with E-state index in [1.807, 2.05) is 30.3 Å². The number of aliphatic imine (C=N–C) groups is 1. The third-order valence-corrected chi connectivity index (χ3v) is 6.02. The van der Waals surface area contributed by atoms with Crippen LogP contribution in [0.2, 0.25) is 0 Å². The maximum Gasteiger partial charge on any atom is 0.286 e. The molecule has 1 amide bonds. The van der Waals surface area contributed by atoms with Crippen molar-refractivity contribution in [2.24, 2.45) is 4.99 Å². The summed E-state index contributed by atoms with van der Waals surface area (Å²) in [7, 11) is 0. The standard InChI is InChI=1S/C21H19N3O3S/c25-20-19(13-15-6-7-17-18(12-15)27-14-26-17)28-21(22-20)24-10-8-23(9-11-24)16-4-2-1-3-5-16/h1-7,12-13H,8-11,14H2. The zero-order valence-corrected chi connectivity index (χ0v) is 16.0. The van der Waals surface area contributed by atoms with Crippen LogP contribution in [0.3, 0.4) is 0 Å². The van der Waals surface area contributed by atoms with Gasteiger partial charge in [0.15, 0.2) is 16.7 Å². The number of hydrogen-bond acceptors (Lipinski definition) is 6. The molecule has 0 N–H and O–H groups in total. The first-order valence-electron chi connectivity index (χ1n) is 9.23. The molecule has 3 aliphatic heterocycles. The second kappa shape index (κ2) is 7.24. The summed E-state index contributed by atoms with van der Waals surface area (Å²) < 4.78 is 10.7. The molecule has 3 aliphatic rings. The van der Waals surface area contributed by atoms with E-state index in [2.05, 4.69) is 39.1 Å². The largest absolute Gasteiger partial charge is 0.454 e. The summed E-state index contributed by atoms with van der Waals surface area (Å²) in [6.45, 7) is 3.78. The Morgan fingerprint density at radius 3 is 2.50 bits per heavy atom. The van der Waals surface area contributed by atoms with Gasteiger partial charge in [0.1, 0.15) is 0 Å². The molecule has 2 aromatic carbocycles. The van der Waals surface area contributed by atoms with Gasteiger partial charge in [-0.2, -0.15) is 4.99 Å². The van der Waals surface area contributed by atoms with Crippen molar-refractivity contribution in [3.05, 3.63) is 59.0 Å². The van der Waals surface area contributed by atoms with Gasteiger partial charge in [-0.15, -0.1) is 0 Å². The van der Waals surface area contributed by atoms with Crippen molar-refractivity contribution in [2.45, 2.75) is 0 Å². The van der Waals surface area contributed by atoms with E-state index < -0.39 is 0 Å². The number of anilines is 1. The smallest absolute Gasteiger partial charge is 0.286 e. The van der Waals surface area contributed by atoms with E-state index in [4.69, 9.17) is 9.47 Å². The first kappa shape index (κ1) is 17.2. The molecule has 0 aromatic heterocycles. The van der Waals surface area contributed by atoms with E-state index >= 15 is 0 Å². The molecule has 6 nitrogen and oxygen atoms in total. The number of amidine groups is 1. The van der Waals surface area contributed by atoms with Crippen molar-refractivity contribution in [2.75, 3.05) is 37.9 Å². The van der Waals surface area contributed by atoms with Gasteiger partial charge in [-0.25, -0.2) is 0 Å². The molecule has 0 atom stereocenters. The summed E-state index contributed by atoms with van der Waals surface area (Å²) in [4.78, 5) is 21.9. The summed E-state index contributed by atoms with van der Waals surface area (Å²) >= 11 is 1.45. The highest BCUT2D eigenvalue weighted by atomic mass is 32.2. The van der Waals surface area contributed by atoms with E-state index in [-0.39, 0.29) is 12.7 Å². The molecular formula is C21H19N3O3S. The summed E-state index contributed by atoms with van der Waals surface area (Å²) in [6.07, 6.45) is 1.87. The molecule has 0 aliphatic carbocycles. The summed E-state index contributed by atoms with van der Waals surface area (Å²) in [5, 5.41) is 0.796. The fourth-order valence-electron chi connectivity index (χ4n) is 3.48. The Morgan fingerprint density at radius 1 is 0.929 bits per heavy atom. The van der Waals surface area contributed by atoms with Crippen molar-refractivity contribution in [3.63, 3.8) is 0 Å². The van der Waals surface area contributed by atoms with Crippen LogP contribution in [-0.2, 0) is 4.79 Å². The van der Waals surface area contributed by atoms with Crippen molar-refractivity contribution >= 4 is 34.6 Å². The lowest BCUT2D eigenvalue weighted by atomic mass is 10.2. The molecule has 0 radical (unpaired) electrons. The molecule has 3 heterocycles. The first-order chi connectivity index (χ1) is 13.8. The average molecular weight is 393 g/mol. The number of thioether (sulfide) groups is 1. The molecule has 0 saturated carbocycles. The minimum Gasteiger partial charge on any atom is -0.454 e. The van der Waals surface area contributed by atoms with Crippen molar-refractivity contribution in [3.8, 4) is 11.5 Å². The van der Waals surface area contributed by atoms with E-state index in [0.717, 1.165) is 42.7 Å². The third kappa shape index (κ3) is 3.33. The fourth-order valence-corrected chi connectivity index (χ4v) is 4.45. The Morgan fingerprint density at radius 2 is 1.68 bits per heavy atom. The van der Waals surface area contributed by atoms with E-state index in [1.165, 1.54) is 17.4 Å². The number of hydrogen-bond donors (Lipinski definition) is 0. The third-order valence-electron chi connectivity index (χ3n) is 4.98. The number of benzene rings is 2. The lowest BCUT2D eigenvalue weighted by Crippen LogP contribution is -2.47. The number of fused-ring (bicyclic) bond motifs is 1. The summed E-state index contributed by atoms with van der Waals surface area (Å²) in [5.74, 6) is 1.27. The molecule has 0 bridgehead atoms. The fraction of sp³-hybridized carbons (Fsp3) is 0.238. The van der Waals surface area contributed by atoms with Gasteiger partial charge < -0.3 is 19.3 Å². The summed E-state index contributed by atoms with van der Waals surface area (Å²) in [5.41, 5.74) is 2.15. The van der Waals surface area contributed by atoms with Gasteiger partial charge in [-0.1, -0.05) is 24.3 Å². The molecule has 142 valence electrons. The topological polar surface area (TPSA) is 54.4 Å². The zero-order valence-electron chi connectivity index (χ0n) is 15.2. The number of amides is 1. The molecule has 7 heteroatoms. The van der Waals surface area contributed by atoms with Crippen LogP contribution in [0.1, 0.15) is 5.56 Å². The molecule has 0 spiro atoms. The van der Waals surface area contributed by atoms with Crippen LogP contribution in [0.25, 0.3) is 6.08 Å². The van der Waals surface area contributed by atoms with Crippen LogP contribution >= 0.6 is 11.8 Å². The van der Waals surface area contributed by atoms with Gasteiger partial charge in [0.2, 0.25) is 6.79 Å². The Bertz CT molecular complexity index is 966. The van der Waals surface area contributed by atoms with Crippen LogP contribution < -0.4 is 14.4 Å². The first-order valence-corrected chi connectivity index (χ1v) is 10.0. The van der Waals surface area contributed by atoms with Crippen LogP contribution in [0.4, 0.5) is 5.69 Å². The SMILES string of the molecule is O=C1N=C(N2CCN(c3ccccc3)CC2)SC1=Cc1ccc2c(c1)OCO2. The molecule has 1 fully saturated rings. The Kier molecular flexibility index (Phi) is 4.44. The predicted molar refractivity (Wildman–Crippen MR) is 111 cm³/mol. The van der Waals surface area contributed by atoms with Crippen LogP contribution in [0, 0.1) is 0 Å². The summed E-state index contributed by atoms with van der Waals surface area (Å²) in [6, 6.07) is 16.1. The number of ether oxygens (including phenoxy) is 2. The van der Waals surface area contributed by atoms with Crippen LogP contribution in [0.15, 0.2) is 58.4 Å². The van der Waals surface area contributed by atoms with Crippen LogP contribution in [0.5, 0.6) is 11.5 Å². The number of carbonyl (C=O) groups excluding carboxylic acids is 1. The van der Waals surface area contributed by atoms with Crippen LogP contribution in [-0.4, -0.2) is 48.9 Å². The van der Waals surface area contributed by atoms with Crippen molar-refractivity contribution < 1.29 is 14.3 Å². The quantitative estimate of drug-likeness (QED) is 0.731. The molecular weight excluding hydrogens is 374 g/mol. The number of carbonyl (C=O) groups is 1. The predicted octanol–water partition coefficient (Wildman–Crippen LogP) is 3.21. The monoisotopic (exact) mass is 393 g/mol. The highest BCUT2D eigenvalue weighted by Crippen LogP contribution is 2.35. The molecule has 28 heavy (non-hydrogen) atoms. The van der Waals surface area contributed by atoms with Gasteiger partial charge in [-0.3, -0.25) is 4.79 Å². The van der Waals surface area contributed by atoms with Gasteiger partial charge in [0, 0.05) is 31.9 Å². The number of piperazine rings is 1. The molecule has 0 unspecified atom stereocenters. The molecule has 5 rings (SSSR count). The number of rotatable bonds is 2. The number of nitrogens with zero attached hydrogens (tertiary/aromatic N) is 3. The molecule has 1 saturated heterocycles. The maximum absolute atomic E-state index is 12.4. The lowest BCUT2D eigenvalue weighted by Gasteiger charge is -2.36. The lowest BCUT2D eigenvalue weighted by molar-refractivity contribution is -0.113. The Hall–Kier alpha value is -2.93. The minimum absolute atomic E-state index is 0.178. The molecule has 2 aromatic rings. The van der Waals surface area contributed by atoms with E-state index in [1.54, 1.807) is 0 Å². The maximum atomic E-state index is 12.4. The van der Waals surface area contributed by atoms with Gasteiger partial charge in [0.05, 0.1) is 4.91 Å². The second-order valence-corrected chi connectivity index (χ2v) is 7.74. The highest BCUT2D eigenvalue weighted by molar-refractivity contribution is 8.18. The van der Waals surface area contributed by atoms with Crippen molar-refractivity contribution in [1.82, 2.24) is 4.90 Å². The highest BCUT2D eigenvalue weighted by Gasteiger charge is 2.28. The van der Waals surface area contributed by atoms with Gasteiger partial charge >= 0.3 is 0 Å². The van der Waals surface area contributed by atoms with E-state index in [9.17, 15) is 4.79 Å². The zero-order chi connectivity index (χ0) is 18.9. The average Bonchev–Trinajstić information content (AvgIpc) is 3.35. The normalized spacial score (nSPS) is 20.1. The second-order valence-electron chi connectivity index (χ2n) is 6.73. The van der Waals surface area contributed by atoms with Crippen molar-refractivity contribution in [1.29, 1.82) is 0 Å². The van der Waals surface area contributed by atoms with Gasteiger partial charge in [0.25, 0.3) is 5.91 Å². The van der Waals surface area contributed by atoms with Gasteiger partial charge in [-0.05, 0) is 47.7 Å². The van der Waals surface area contributed by atoms with E-state index in [0.29, 0.717) is 10.7 Å².